The number of rotatable bonds is 2. The minimum atomic E-state index is -5.89. The van der Waals surface area contributed by atoms with Gasteiger partial charge in [-0.25, -0.2) is 4.68 Å². The van der Waals surface area contributed by atoms with E-state index in [0.717, 1.165) is 0 Å². The molecule has 16 heavy (non-hydrogen) atoms. The zero-order valence-electron chi connectivity index (χ0n) is 8.19. The molecule has 3 nitrogen and oxygen atoms in total. The Morgan fingerprint density at radius 3 is 2.00 bits per heavy atom. The maximum atomic E-state index is 12.9. The van der Waals surface area contributed by atoms with Crippen LogP contribution in [0.5, 0.6) is 0 Å². The number of nitrogens with zero attached hydrogens (tertiary/aromatic N) is 3. The van der Waals surface area contributed by atoms with Crippen molar-refractivity contribution < 1.29 is 26.3 Å². The molecule has 1 rings (SSSR count). The molecule has 0 bridgehead atoms. The number of hydrogen-bond donors (Lipinski definition) is 0. The average molecular weight is 247 g/mol. The highest BCUT2D eigenvalue weighted by molar-refractivity contribution is 5.10. The monoisotopic (exact) mass is 247 g/mol. The first-order valence-corrected chi connectivity index (χ1v) is 4.14. The SMILES string of the molecule is CC(C)n1nnc(F)c1C(F)(F)C(F)(F)F. The van der Waals surface area contributed by atoms with Crippen molar-refractivity contribution >= 4 is 0 Å². The van der Waals surface area contributed by atoms with Crippen LogP contribution in [0.15, 0.2) is 0 Å². The second kappa shape index (κ2) is 3.63. The fourth-order valence-corrected chi connectivity index (χ4v) is 1.04. The zero-order chi connectivity index (χ0) is 12.7. The van der Waals surface area contributed by atoms with E-state index in [-0.39, 0.29) is 4.68 Å². The van der Waals surface area contributed by atoms with Crippen molar-refractivity contribution in [3.63, 3.8) is 0 Å². The third-order valence-electron chi connectivity index (χ3n) is 1.80. The maximum Gasteiger partial charge on any atom is 0.459 e. The van der Waals surface area contributed by atoms with Crippen LogP contribution in [0.25, 0.3) is 0 Å². The summed E-state index contributed by atoms with van der Waals surface area (Å²) in [6.45, 7) is 2.56. The Bertz CT molecular complexity index is 380. The molecule has 92 valence electrons. The summed E-state index contributed by atoms with van der Waals surface area (Å²) >= 11 is 0. The Labute approximate surface area is 86.0 Å². The summed E-state index contributed by atoms with van der Waals surface area (Å²) in [7, 11) is 0. The van der Waals surface area contributed by atoms with Crippen LogP contribution in [0.4, 0.5) is 26.3 Å². The van der Waals surface area contributed by atoms with Crippen molar-refractivity contribution in [1.29, 1.82) is 0 Å². The quantitative estimate of drug-likeness (QED) is 0.752. The van der Waals surface area contributed by atoms with E-state index in [1.165, 1.54) is 13.8 Å². The van der Waals surface area contributed by atoms with Crippen LogP contribution >= 0.6 is 0 Å². The van der Waals surface area contributed by atoms with Crippen LogP contribution in [0.1, 0.15) is 25.6 Å². The van der Waals surface area contributed by atoms with Gasteiger partial charge in [-0.05, 0) is 13.8 Å². The molecule has 0 aliphatic carbocycles. The lowest BCUT2D eigenvalue weighted by atomic mass is 10.2. The van der Waals surface area contributed by atoms with Crippen molar-refractivity contribution in [2.24, 2.45) is 0 Å². The van der Waals surface area contributed by atoms with E-state index in [1.54, 1.807) is 0 Å². The Balaban J connectivity index is 3.37. The predicted octanol–water partition coefficient (Wildman–Crippen LogP) is 2.65. The van der Waals surface area contributed by atoms with Crippen molar-refractivity contribution in [2.75, 3.05) is 0 Å². The van der Waals surface area contributed by atoms with Gasteiger partial charge in [0.25, 0.3) is 5.95 Å². The Morgan fingerprint density at radius 2 is 1.62 bits per heavy atom. The standard InChI is InChI=1S/C7H7F6N3/c1-3(2)16-4(5(8)14-15-16)6(9,10)7(11,12)13/h3H,1-2H3. The molecule has 0 amide bonds. The molecular formula is C7H7F6N3. The molecular weight excluding hydrogens is 240 g/mol. The molecule has 0 radical (unpaired) electrons. The molecule has 0 fully saturated rings. The Hall–Kier alpha value is -1.28. The van der Waals surface area contributed by atoms with Gasteiger partial charge in [0.15, 0.2) is 5.69 Å². The van der Waals surface area contributed by atoms with E-state index in [2.05, 4.69) is 10.3 Å². The van der Waals surface area contributed by atoms with E-state index in [1.807, 2.05) is 0 Å². The second-order valence-corrected chi connectivity index (χ2v) is 3.34. The van der Waals surface area contributed by atoms with Gasteiger partial charge in [-0.15, -0.1) is 0 Å². The third kappa shape index (κ3) is 1.85. The van der Waals surface area contributed by atoms with E-state index in [9.17, 15) is 26.3 Å². The topological polar surface area (TPSA) is 30.7 Å². The average Bonchev–Trinajstić information content (AvgIpc) is 2.45. The molecule has 0 unspecified atom stereocenters. The number of halogens is 6. The van der Waals surface area contributed by atoms with Gasteiger partial charge < -0.3 is 0 Å². The van der Waals surface area contributed by atoms with Gasteiger partial charge in [0.1, 0.15) is 0 Å². The minimum absolute atomic E-state index is 0.211. The largest absolute Gasteiger partial charge is 0.459 e. The number of hydrogen-bond acceptors (Lipinski definition) is 2. The van der Waals surface area contributed by atoms with Crippen molar-refractivity contribution in [3.8, 4) is 0 Å². The molecule has 1 heterocycles. The van der Waals surface area contributed by atoms with Crippen LogP contribution in [-0.4, -0.2) is 21.2 Å². The molecule has 0 aromatic carbocycles. The highest BCUT2D eigenvalue weighted by atomic mass is 19.4. The summed E-state index contributed by atoms with van der Waals surface area (Å²) in [6.07, 6.45) is -5.89. The van der Waals surface area contributed by atoms with Crippen LogP contribution in [0, 0.1) is 5.95 Å². The fourth-order valence-electron chi connectivity index (χ4n) is 1.04. The third-order valence-corrected chi connectivity index (χ3v) is 1.80. The van der Waals surface area contributed by atoms with Gasteiger partial charge >= 0.3 is 12.1 Å². The van der Waals surface area contributed by atoms with Crippen molar-refractivity contribution in [1.82, 2.24) is 15.0 Å². The molecule has 0 saturated heterocycles. The summed E-state index contributed by atoms with van der Waals surface area (Å²) in [6, 6.07) is -0.861. The maximum absolute atomic E-state index is 12.9. The highest BCUT2D eigenvalue weighted by Gasteiger charge is 2.62. The number of alkyl halides is 5. The molecule has 0 spiro atoms. The molecule has 0 atom stereocenters. The van der Waals surface area contributed by atoms with Crippen molar-refractivity contribution in [2.45, 2.75) is 32.0 Å². The molecule has 1 aromatic rings. The summed E-state index contributed by atoms with van der Waals surface area (Å²) in [4.78, 5) is 0. The molecule has 0 aliphatic heterocycles. The normalized spacial score (nSPS) is 13.6. The minimum Gasteiger partial charge on any atom is -0.237 e. The van der Waals surface area contributed by atoms with Gasteiger partial charge in [-0.3, -0.25) is 0 Å². The Morgan fingerprint density at radius 1 is 1.12 bits per heavy atom. The summed E-state index contributed by atoms with van der Waals surface area (Å²) in [5.41, 5.74) is -1.87. The van der Waals surface area contributed by atoms with Gasteiger partial charge in [0.05, 0.1) is 0 Å². The predicted molar refractivity (Wildman–Crippen MR) is 40.3 cm³/mol. The van der Waals surface area contributed by atoms with Crippen LogP contribution < -0.4 is 0 Å². The lowest BCUT2D eigenvalue weighted by Gasteiger charge is -2.20. The van der Waals surface area contributed by atoms with Crippen LogP contribution in [0.3, 0.4) is 0 Å². The lowest BCUT2D eigenvalue weighted by molar-refractivity contribution is -0.293. The van der Waals surface area contributed by atoms with E-state index in [4.69, 9.17) is 0 Å². The van der Waals surface area contributed by atoms with Crippen LogP contribution in [0.2, 0.25) is 0 Å². The van der Waals surface area contributed by atoms with Gasteiger partial charge in [-0.2, -0.15) is 26.3 Å². The molecule has 0 aliphatic rings. The summed E-state index contributed by atoms with van der Waals surface area (Å²) in [5.74, 6) is -7.23. The number of aromatic nitrogens is 3. The van der Waals surface area contributed by atoms with Gasteiger partial charge in [-0.1, -0.05) is 10.3 Å². The highest BCUT2D eigenvalue weighted by Crippen LogP contribution is 2.44. The summed E-state index contributed by atoms with van der Waals surface area (Å²) in [5, 5.41) is 5.49. The zero-order valence-corrected chi connectivity index (χ0v) is 8.19. The molecule has 0 saturated carbocycles. The van der Waals surface area contributed by atoms with Gasteiger partial charge in [0, 0.05) is 6.04 Å². The summed E-state index contributed by atoms with van der Waals surface area (Å²) < 4.78 is 75.0. The van der Waals surface area contributed by atoms with E-state index < -0.39 is 29.8 Å². The first-order valence-electron chi connectivity index (χ1n) is 4.14. The van der Waals surface area contributed by atoms with Crippen LogP contribution in [-0.2, 0) is 5.92 Å². The van der Waals surface area contributed by atoms with E-state index in [0.29, 0.717) is 0 Å². The molecule has 0 N–H and O–H groups in total. The second-order valence-electron chi connectivity index (χ2n) is 3.34. The fraction of sp³-hybridized carbons (Fsp3) is 0.714. The Kier molecular flexibility index (Phi) is 2.90. The molecule has 9 heteroatoms. The smallest absolute Gasteiger partial charge is 0.237 e. The first kappa shape index (κ1) is 12.8. The van der Waals surface area contributed by atoms with E-state index >= 15 is 0 Å². The first-order chi connectivity index (χ1) is 7.09. The van der Waals surface area contributed by atoms with Gasteiger partial charge in [0.2, 0.25) is 0 Å². The van der Waals surface area contributed by atoms with Crippen molar-refractivity contribution in [3.05, 3.63) is 11.6 Å². The molecule has 1 aromatic heterocycles. The lowest BCUT2D eigenvalue weighted by Crippen LogP contribution is -2.37.